The number of anilines is 1. The Morgan fingerprint density at radius 3 is 2.62 bits per heavy atom. The predicted octanol–water partition coefficient (Wildman–Crippen LogP) is 4.11. The normalized spacial score (nSPS) is 26.5. The second kappa shape index (κ2) is 6.82. The maximum atomic E-state index is 12.4. The maximum Gasteiger partial charge on any atom is 0.180 e. The van der Waals surface area contributed by atoms with Crippen molar-refractivity contribution in [3.8, 4) is 0 Å². The minimum absolute atomic E-state index is 0.211. The average molecular weight is 309 g/mol. The summed E-state index contributed by atoms with van der Waals surface area (Å²) in [5, 5.41) is 3.51. The highest BCUT2D eigenvalue weighted by Gasteiger charge is 2.28. The Morgan fingerprint density at radius 1 is 1.19 bits per heavy atom. The van der Waals surface area contributed by atoms with E-state index in [1.807, 2.05) is 19.1 Å². The van der Waals surface area contributed by atoms with Gasteiger partial charge in [-0.3, -0.25) is 0 Å². The highest BCUT2D eigenvalue weighted by atomic mass is 32.2. The molecule has 3 atom stereocenters. The lowest BCUT2D eigenvalue weighted by Gasteiger charge is -2.35. The van der Waals surface area contributed by atoms with Crippen molar-refractivity contribution < 1.29 is 8.42 Å². The average Bonchev–Trinajstić information content (AvgIpc) is 2.44. The van der Waals surface area contributed by atoms with E-state index in [0.717, 1.165) is 12.1 Å². The van der Waals surface area contributed by atoms with Crippen LogP contribution in [0.25, 0.3) is 0 Å². The van der Waals surface area contributed by atoms with Crippen molar-refractivity contribution in [2.45, 2.75) is 57.4 Å². The molecule has 1 aromatic carbocycles. The highest BCUT2D eigenvalue weighted by Crippen LogP contribution is 2.33. The number of rotatable bonds is 5. The molecule has 0 saturated heterocycles. The first-order valence-electron chi connectivity index (χ1n) is 8.04. The number of para-hydroxylation sites is 1. The summed E-state index contributed by atoms with van der Waals surface area (Å²) in [5.74, 6) is 1.47. The molecule has 1 fully saturated rings. The van der Waals surface area contributed by atoms with Gasteiger partial charge in [-0.2, -0.15) is 0 Å². The van der Waals surface area contributed by atoms with E-state index in [0.29, 0.717) is 29.2 Å². The monoisotopic (exact) mass is 309 g/mol. The van der Waals surface area contributed by atoms with Crippen molar-refractivity contribution in [1.29, 1.82) is 0 Å². The first-order valence-corrected chi connectivity index (χ1v) is 9.69. The molecule has 3 unspecified atom stereocenters. The molecule has 0 bridgehead atoms. The number of sulfone groups is 1. The third-order valence-electron chi connectivity index (χ3n) is 4.74. The fraction of sp³-hybridized carbons (Fsp3) is 0.647. The molecular formula is C17H27NO2S. The summed E-state index contributed by atoms with van der Waals surface area (Å²) >= 11 is 0. The Bertz CT molecular complexity index is 568. The van der Waals surface area contributed by atoms with Gasteiger partial charge < -0.3 is 5.32 Å². The second-order valence-electron chi connectivity index (χ2n) is 6.33. The molecule has 0 radical (unpaired) electrons. The molecule has 0 heterocycles. The summed E-state index contributed by atoms with van der Waals surface area (Å²) in [4.78, 5) is 0.456. The number of hydrogen-bond acceptors (Lipinski definition) is 3. The smallest absolute Gasteiger partial charge is 0.180 e. The van der Waals surface area contributed by atoms with E-state index in [4.69, 9.17) is 0 Å². The fourth-order valence-electron chi connectivity index (χ4n) is 3.22. The Morgan fingerprint density at radius 2 is 1.90 bits per heavy atom. The van der Waals surface area contributed by atoms with Crippen molar-refractivity contribution in [2.24, 2.45) is 11.8 Å². The summed E-state index contributed by atoms with van der Waals surface area (Å²) in [6.45, 7) is 6.46. The highest BCUT2D eigenvalue weighted by molar-refractivity contribution is 7.91. The van der Waals surface area contributed by atoms with Crippen LogP contribution in [-0.2, 0) is 9.84 Å². The summed E-state index contributed by atoms with van der Waals surface area (Å²) in [7, 11) is -3.19. The van der Waals surface area contributed by atoms with Crippen LogP contribution in [0.4, 0.5) is 5.69 Å². The molecular weight excluding hydrogens is 282 g/mol. The minimum Gasteiger partial charge on any atom is -0.381 e. The lowest BCUT2D eigenvalue weighted by Crippen LogP contribution is -2.35. The Labute approximate surface area is 129 Å². The molecule has 21 heavy (non-hydrogen) atoms. The van der Waals surface area contributed by atoms with E-state index in [1.165, 1.54) is 12.8 Å². The molecule has 0 aromatic heterocycles. The zero-order chi connectivity index (χ0) is 15.5. The van der Waals surface area contributed by atoms with E-state index in [1.54, 1.807) is 12.1 Å². The van der Waals surface area contributed by atoms with E-state index in [2.05, 4.69) is 19.2 Å². The van der Waals surface area contributed by atoms with Crippen LogP contribution < -0.4 is 5.32 Å². The quantitative estimate of drug-likeness (QED) is 0.890. The summed E-state index contributed by atoms with van der Waals surface area (Å²) in [6.07, 6.45) is 4.25. The molecule has 0 amide bonds. The van der Waals surface area contributed by atoms with Crippen LogP contribution in [0, 0.1) is 11.8 Å². The summed E-state index contributed by atoms with van der Waals surface area (Å²) < 4.78 is 24.8. The van der Waals surface area contributed by atoms with Crippen LogP contribution in [0.3, 0.4) is 0 Å². The van der Waals surface area contributed by atoms with Crippen LogP contribution in [0.2, 0.25) is 0 Å². The number of benzene rings is 1. The van der Waals surface area contributed by atoms with Gasteiger partial charge in [0.15, 0.2) is 9.84 Å². The van der Waals surface area contributed by atoms with Gasteiger partial charge in [0.2, 0.25) is 0 Å². The van der Waals surface area contributed by atoms with Crippen molar-refractivity contribution in [1.82, 2.24) is 0 Å². The molecule has 1 aliphatic rings. The van der Waals surface area contributed by atoms with Crippen LogP contribution in [-0.4, -0.2) is 20.2 Å². The maximum absolute atomic E-state index is 12.4. The van der Waals surface area contributed by atoms with Gasteiger partial charge in [-0.25, -0.2) is 8.42 Å². The van der Waals surface area contributed by atoms with E-state index < -0.39 is 9.84 Å². The minimum atomic E-state index is -3.19. The van der Waals surface area contributed by atoms with Crippen molar-refractivity contribution in [2.75, 3.05) is 11.1 Å². The van der Waals surface area contributed by atoms with Gasteiger partial charge in [0, 0.05) is 6.04 Å². The third kappa shape index (κ3) is 3.79. The summed E-state index contributed by atoms with van der Waals surface area (Å²) in [5.41, 5.74) is 0.775. The van der Waals surface area contributed by atoms with Gasteiger partial charge in [-0.15, -0.1) is 0 Å². The lowest BCUT2D eigenvalue weighted by atomic mass is 9.78. The number of hydrogen-bond donors (Lipinski definition) is 1. The molecule has 1 N–H and O–H groups in total. The summed E-state index contributed by atoms with van der Waals surface area (Å²) in [6, 6.07) is 7.70. The van der Waals surface area contributed by atoms with Crippen LogP contribution in [0.5, 0.6) is 0 Å². The molecule has 0 spiro atoms. The van der Waals surface area contributed by atoms with Crippen molar-refractivity contribution in [3.63, 3.8) is 0 Å². The van der Waals surface area contributed by atoms with Gasteiger partial charge >= 0.3 is 0 Å². The predicted molar refractivity (Wildman–Crippen MR) is 88.4 cm³/mol. The van der Waals surface area contributed by atoms with Gasteiger partial charge in [0.25, 0.3) is 0 Å². The van der Waals surface area contributed by atoms with Crippen LogP contribution in [0.1, 0.15) is 46.5 Å². The molecule has 1 saturated carbocycles. The molecule has 2 rings (SSSR count). The molecule has 4 heteroatoms. The van der Waals surface area contributed by atoms with Gasteiger partial charge in [-0.05, 0) is 36.8 Å². The zero-order valence-electron chi connectivity index (χ0n) is 13.3. The topological polar surface area (TPSA) is 46.2 Å². The van der Waals surface area contributed by atoms with Crippen molar-refractivity contribution >= 4 is 15.5 Å². The molecule has 3 nitrogen and oxygen atoms in total. The Balaban J connectivity index is 2.25. The molecule has 1 aliphatic carbocycles. The van der Waals surface area contributed by atoms with Gasteiger partial charge in [-0.1, -0.05) is 45.7 Å². The SMILES string of the molecule is CCCS(=O)(=O)c1ccccc1NC1CCCC(C)C1C. The van der Waals surface area contributed by atoms with Crippen molar-refractivity contribution in [3.05, 3.63) is 24.3 Å². The fourth-order valence-corrected chi connectivity index (χ4v) is 4.73. The standard InChI is InChI=1S/C17H27NO2S/c1-4-12-21(19,20)17-11-6-5-9-16(17)18-15-10-7-8-13(2)14(15)3/h5-6,9,11,13-15,18H,4,7-8,10,12H2,1-3H3. The van der Waals surface area contributed by atoms with Gasteiger partial charge in [0.05, 0.1) is 16.3 Å². The van der Waals surface area contributed by atoms with Crippen LogP contribution >= 0.6 is 0 Å². The van der Waals surface area contributed by atoms with Gasteiger partial charge in [0.1, 0.15) is 0 Å². The Kier molecular flexibility index (Phi) is 5.31. The van der Waals surface area contributed by atoms with Crippen LogP contribution in [0.15, 0.2) is 29.2 Å². The largest absolute Gasteiger partial charge is 0.381 e. The molecule has 1 aromatic rings. The zero-order valence-corrected chi connectivity index (χ0v) is 14.1. The third-order valence-corrected chi connectivity index (χ3v) is 6.71. The first kappa shape index (κ1) is 16.3. The molecule has 118 valence electrons. The van der Waals surface area contributed by atoms with E-state index in [-0.39, 0.29) is 5.75 Å². The lowest BCUT2D eigenvalue weighted by molar-refractivity contribution is 0.253. The number of nitrogens with one attached hydrogen (secondary N) is 1. The van der Waals surface area contributed by atoms with E-state index in [9.17, 15) is 8.42 Å². The first-order chi connectivity index (χ1) is 9.95. The second-order valence-corrected chi connectivity index (χ2v) is 8.41. The Hall–Kier alpha value is -1.03. The molecule has 0 aliphatic heterocycles. The van der Waals surface area contributed by atoms with E-state index >= 15 is 0 Å².